The molecule has 1 unspecified atom stereocenters. The summed E-state index contributed by atoms with van der Waals surface area (Å²) >= 11 is 0. The molecule has 180 valence electrons. The number of rotatable bonds is 13. The second-order valence-electron chi connectivity index (χ2n) is 7.97. The Morgan fingerprint density at radius 2 is 1.64 bits per heavy atom. The van der Waals surface area contributed by atoms with Crippen molar-refractivity contribution in [3.63, 3.8) is 0 Å². The van der Waals surface area contributed by atoms with Crippen LogP contribution in [0.25, 0.3) is 0 Å². The van der Waals surface area contributed by atoms with Crippen molar-refractivity contribution >= 4 is 12.1 Å². The van der Waals surface area contributed by atoms with Crippen molar-refractivity contribution in [2.75, 3.05) is 26.3 Å². The lowest BCUT2D eigenvalue weighted by Gasteiger charge is -2.23. The van der Waals surface area contributed by atoms with E-state index < -0.39 is 24.0 Å². The summed E-state index contributed by atoms with van der Waals surface area (Å²) in [6, 6.07) is 12.4. The van der Waals surface area contributed by atoms with Gasteiger partial charge in [0.05, 0.1) is 6.54 Å². The van der Waals surface area contributed by atoms with Gasteiger partial charge in [-0.25, -0.2) is 14.0 Å². The molecule has 0 saturated heterocycles. The number of amides is 1. The maximum absolute atomic E-state index is 13.1. The van der Waals surface area contributed by atoms with Gasteiger partial charge in [-0.15, -0.1) is 0 Å². The van der Waals surface area contributed by atoms with Crippen molar-refractivity contribution in [3.05, 3.63) is 59.9 Å². The number of hydrogen-bond acceptors (Lipinski definition) is 5. The molecule has 1 amide bonds. The third-order valence-corrected chi connectivity index (χ3v) is 4.87. The number of carbonyl (C=O) groups excluding carboxylic acids is 1. The number of ether oxygens (including phenoxy) is 3. The molecular formula is C25H32FNO6. The number of carboxylic acids is 1. The summed E-state index contributed by atoms with van der Waals surface area (Å²) < 4.78 is 29.4. The average Bonchev–Trinajstić information content (AvgIpc) is 2.78. The van der Waals surface area contributed by atoms with Crippen LogP contribution in [-0.2, 0) is 16.0 Å². The van der Waals surface area contributed by atoms with Gasteiger partial charge in [-0.05, 0) is 61.2 Å². The molecule has 7 nitrogen and oxygen atoms in total. The van der Waals surface area contributed by atoms with Crippen LogP contribution in [0.15, 0.2) is 48.5 Å². The first kappa shape index (κ1) is 26.1. The highest BCUT2D eigenvalue weighted by atomic mass is 19.1. The van der Waals surface area contributed by atoms with E-state index in [1.165, 1.54) is 24.3 Å². The largest absolute Gasteiger partial charge is 0.492 e. The molecule has 2 aromatic rings. The van der Waals surface area contributed by atoms with Crippen LogP contribution in [0, 0.1) is 11.7 Å². The van der Waals surface area contributed by atoms with Gasteiger partial charge in [0.1, 0.15) is 23.9 Å². The summed E-state index contributed by atoms with van der Waals surface area (Å²) in [6.07, 6.45) is -0.334. The highest BCUT2D eigenvalue weighted by Gasteiger charge is 2.18. The van der Waals surface area contributed by atoms with Crippen LogP contribution in [-0.4, -0.2) is 54.5 Å². The predicted molar refractivity (Wildman–Crippen MR) is 122 cm³/mol. The lowest BCUT2D eigenvalue weighted by molar-refractivity contribution is -0.149. The quantitative estimate of drug-likeness (QED) is 0.462. The Kier molecular flexibility index (Phi) is 10.6. The van der Waals surface area contributed by atoms with Crippen LogP contribution in [0.3, 0.4) is 0 Å². The molecular weight excluding hydrogens is 429 g/mol. The molecule has 0 fully saturated rings. The summed E-state index contributed by atoms with van der Waals surface area (Å²) in [5.41, 5.74) is 0.824. The zero-order valence-electron chi connectivity index (χ0n) is 19.3. The number of carbonyl (C=O) groups is 2. The Labute approximate surface area is 194 Å². The Morgan fingerprint density at radius 3 is 2.21 bits per heavy atom. The molecule has 8 heteroatoms. The molecule has 2 aromatic carbocycles. The number of nitrogens with zero attached hydrogens (tertiary/aromatic N) is 1. The molecule has 33 heavy (non-hydrogen) atoms. The third-order valence-electron chi connectivity index (χ3n) is 4.87. The fourth-order valence-electron chi connectivity index (χ4n) is 3.00. The number of hydrogen-bond donors (Lipinski definition) is 1. The highest BCUT2D eigenvalue weighted by Crippen LogP contribution is 2.16. The molecule has 0 aliphatic carbocycles. The lowest BCUT2D eigenvalue weighted by atomic mass is 10.1. The van der Waals surface area contributed by atoms with Crippen molar-refractivity contribution in [1.82, 2.24) is 4.90 Å². The molecule has 0 heterocycles. The minimum absolute atomic E-state index is 0.257. The van der Waals surface area contributed by atoms with Crippen molar-refractivity contribution in [1.29, 1.82) is 0 Å². The summed E-state index contributed by atoms with van der Waals surface area (Å²) in [7, 11) is 0. The maximum atomic E-state index is 13.1. The minimum atomic E-state index is -0.994. The van der Waals surface area contributed by atoms with Gasteiger partial charge in [0.15, 0.2) is 6.10 Å². The van der Waals surface area contributed by atoms with E-state index in [2.05, 4.69) is 13.8 Å². The fourth-order valence-corrected chi connectivity index (χ4v) is 3.00. The minimum Gasteiger partial charge on any atom is -0.492 e. The van der Waals surface area contributed by atoms with E-state index in [4.69, 9.17) is 14.2 Å². The monoisotopic (exact) mass is 461 g/mol. The second-order valence-corrected chi connectivity index (χ2v) is 7.97. The normalized spacial score (nSPS) is 11.8. The van der Waals surface area contributed by atoms with Gasteiger partial charge >= 0.3 is 12.1 Å². The van der Waals surface area contributed by atoms with Gasteiger partial charge < -0.3 is 24.2 Å². The van der Waals surface area contributed by atoms with Crippen LogP contribution < -0.4 is 9.47 Å². The molecule has 1 N–H and O–H groups in total. The van der Waals surface area contributed by atoms with Crippen molar-refractivity contribution in [2.45, 2.75) is 39.7 Å². The standard InChI is InChI=1S/C25H32FNO6/c1-4-31-23(24(28)29)17-19-5-9-21(10-6-19)32-16-15-27(14-13-18(2)3)25(30)33-22-11-7-20(26)8-12-22/h5-12,18,23H,4,13-17H2,1-3H3,(H,28,29). The Hall–Kier alpha value is -3.13. The van der Waals surface area contributed by atoms with Crippen LogP contribution in [0.1, 0.15) is 32.8 Å². The van der Waals surface area contributed by atoms with Gasteiger partial charge in [0, 0.05) is 19.6 Å². The van der Waals surface area contributed by atoms with Crippen molar-refractivity contribution in [3.8, 4) is 11.5 Å². The average molecular weight is 462 g/mol. The lowest BCUT2D eigenvalue weighted by Crippen LogP contribution is -2.38. The number of aliphatic carboxylic acids is 1. The Morgan fingerprint density at radius 1 is 1.00 bits per heavy atom. The zero-order chi connectivity index (χ0) is 24.2. The van der Waals surface area contributed by atoms with Gasteiger partial charge in [0.2, 0.25) is 0 Å². The molecule has 0 aliphatic heterocycles. The Balaban J connectivity index is 1.90. The van der Waals surface area contributed by atoms with E-state index in [1.807, 2.05) is 0 Å². The van der Waals surface area contributed by atoms with E-state index in [0.717, 1.165) is 12.0 Å². The summed E-state index contributed by atoms with van der Waals surface area (Å²) in [6.45, 7) is 7.31. The van der Waals surface area contributed by atoms with E-state index in [9.17, 15) is 19.1 Å². The molecule has 1 atom stereocenters. The number of benzene rings is 2. The van der Waals surface area contributed by atoms with E-state index in [0.29, 0.717) is 31.4 Å². The highest BCUT2D eigenvalue weighted by molar-refractivity contribution is 5.72. The predicted octanol–water partition coefficient (Wildman–Crippen LogP) is 4.78. The van der Waals surface area contributed by atoms with Crippen LogP contribution in [0.2, 0.25) is 0 Å². The van der Waals surface area contributed by atoms with Gasteiger partial charge in [-0.2, -0.15) is 0 Å². The molecule has 0 aliphatic rings. The molecule has 0 aromatic heterocycles. The molecule has 0 radical (unpaired) electrons. The van der Waals surface area contributed by atoms with Gasteiger partial charge in [0.25, 0.3) is 0 Å². The summed E-state index contributed by atoms with van der Waals surface area (Å²) in [5.74, 6) is -0.101. The third kappa shape index (κ3) is 9.49. The van der Waals surface area contributed by atoms with Gasteiger partial charge in [-0.3, -0.25) is 0 Å². The maximum Gasteiger partial charge on any atom is 0.415 e. The topological polar surface area (TPSA) is 85.3 Å². The van der Waals surface area contributed by atoms with Crippen LogP contribution >= 0.6 is 0 Å². The van der Waals surface area contributed by atoms with Crippen molar-refractivity contribution in [2.24, 2.45) is 5.92 Å². The molecule has 0 saturated carbocycles. The smallest absolute Gasteiger partial charge is 0.415 e. The summed E-state index contributed by atoms with van der Waals surface area (Å²) in [5, 5.41) is 9.21. The molecule has 0 bridgehead atoms. The first-order valence-corrected chi connectivity index (χ1v) is 11.1. The van der Waals surface area contributed by atoms with Crippen LogP contribution in [0.5, 0.6) is 11.5 Å². The summed E-state index contributed by atoms with van der Waals surface area (Å²) in [4.78, 5) is 25.4. The first-order chi connectivity index (χ1) is 15.8. The number of halogens is 1. The first-order valence-electron chi connectivity index (χ1n) is 11.1. The van der Waals surface area contributed by atoms with E-state index in [1.54, 1.807) is 36.1 Å². The molecule has 2 rings (SSSR count). The van der Waals surface area contributed by atoms with Crippen molar-refractivity contribution < 1.29 is 33.3 Å². The van der Waals surface area contributed by atoms with E-state index >= 15 is 0 Å². The van der Waals surface area contributed by atoms with Crippen LogP contribution in [0.4, 0.5) is 9.18 Å². The van der Waals surface area contributed by atoms with Gasteiger partial charge in [-0.1, -0.05) is 26.0 Å². The second kappa shape index (κ2) is 13.4. The molecule has 0 spiro atoms. The Bertz CT molecular complexity index is 869. The SMILES string of the molecule is CCOC(Cc1ccc(OCCN(CCC(C)C)C(=O)Oc2ccc(F)cc2)cc1)C(=O)O. The fraction of sp³-hybridized carbons (Fsp3) is 0.440. The number of carboxylic acid groups (broad SMARTS) is 1. The van der Waals surface area contributed by atoms with E-state index in [-0.39, 0.29) is 18.8 Å². The zero-order valence-corrected chi connectivity index (χ0v) is 19.3.